The van der Waals surface area contributed by atoms with Crippen molar-refractivity contribution in [1.29, 1.82) is 0 Å². The summed E-state index contributed by atoms with van der Waals surface area (Å²) in [6, 6.07) is 27.1. The fraction of sp³-hybridized carbons (Fsp3) is 0.0690. The molecule has 1 aliphatic carbocycles. The number of carbonyl (C=O) groups is 2. The topological polar surface area (TPSA) is 98.6 Å². The van der Waals surface area contributed by atoms with Crippen LogP contribution in [-0.4, -0.2) is 43.5 Å². The first kappa shape index (κ1) is 23.6. The normalized spacial score (nSPS) is 12.3. The molecule has 0 saturated carbocycles. The number of anilines is 1. The molecule has 0 fully saturated rings. The maximum absolute atomic E-state index is 13.2. The van der Waals surface area contributed by atoms with Crippen LogP contribution in [0.25, 0.3) is 22.2 Å². The summed E-state index contributed by atoms with van der Waals surface area (Å²) in [6.45, 7) is -0.298. The van der Waals surface area contributed by atoms with E-state index in [1.807, 2.05) is 12.1 Å². The number of ether oxygens (including phenoxy) is 1. The molecule has 1 aromatic heterocycles. The number of ketones is 1. The van der Waals surface area contributed by atoms with Gasteiger partial charge in [-0.1, -0.05) is 54.6 Å². The number of rotatable bonds is 6. The van der Waals surface area contributed by atoms with Crippen LogP contribution in [0.2, 0.25) is 0 Å². The first-order chi connectivity index (χ1) is 18.4. The van der Waals surface area contributed by atoms with Gasteiger partial charge in [-0.25, -0.2) is 8.42 Å². The van der Waals surface area contributed by atoms with Crippen molar-refractivity contribution >= 4 is 38.3 Å². The van der Waals surface area contributed by atoms with Crippen LogP contribution >= 0.6 is 0 Å². The van der Waals surface area contributed by atoms with Crippen molar-refractivity contribution in [1.82, 2.24) is 9.78 Å². The Bertz CT molecular complexity index is 1830. The summed E-state index contributed by atoms with van der Waals surface area (Å²) in [5.41, 5.74) is 3.34. The maximum Gasteiger partial charge on any atom is 0.285 e. The largest absolute Gasteiger partial charge is 0.484 e. The molecule has 0 bridgehead atoms. The van der Waals surface area contributed by atoms with Gasteiger partial charge in [-0.3, -0.25) is 13.9 Å². The minimum absolute atomic E-state index is 0.0960. The van der Waals surface area contributed by atoms with Crippen LogP contribution in [0.4, 0.5) is 5.69 Å². The van der Waals surface area contributed by atoms with Gasteiger partial charge in [-0.15, -0.1) is 0 Å². The molecular weight excluding hydrogens is 502 g/mol. The lowest BCUT2D eigenvalue weighted by Crippen LogP contribution is -2.26. The molecule has 38 heavy (non-hydrogen) atoms. The van der Waals surface area contributed by atoms with Gasteiger partial charge < -0.3 is 4.74 Å². The van der Waals surface area contributed by atoms with Gasteiger partial charge in [0, 0.05) is 29.1 Å². The van der Waals surface area contributed by atoms with Crippen molar-refractivity contribution in [3.63, 3.8) is 0 Å². The molecule has 0 amide bonds. The lowest BCUT2D eigenvalue weighted by molar-refractivity contribution is 0.0827. The van der Waals surface area contributed by atoms with Gasteiger partial charge in [0.25, 0.3) is 15.9 Å². The van der Waals surface area contributed by atoms with E-state index in [2.05, 4.69) is 5.10 Å². The molecule has 188 valence electrons. The molecule has 0 N–H and O–H groups in total. The first-order valence-corrected chi connectivity index (χ1v) is 13.3. The van der Waals surface area contributed by atoms with E-state index in [0.29, 0.717) is 44.7 Å². The zero-order valence-corrected chi connectivity index (χ0v) is 21.1. The number of fused-ring (bicyclic) bond motifs is 2. The Morgan fingerprint density at radius 2 is 1.50 bits per heavy atom. The van der Waals surface area contributed by atoms with Gasteiger partial charge in [0.05, 0.1) is 16.1 Å². The molecule has 0 unspecified atom stereocenters. The van der Waals surface area contributed by atoms with Crippen molar-refractivity contribution in [3.8, 4) is 17.0 Å². The molecule has 0 spiro atoms. The van der Waals surface area contributed by atoms with Gasteiger partial charge in [-0.2, -0.15) is 9.78 Å². The molecular formula is C29H21N3O5S. The summed E-state index contributed by atoms with van der Waals surface area (Å²) in [5.74, 6) is -0.103. The first-order valence-electron chi connectivity index (χ1n) is 11.8. The van der Waals surface area contributed by atoms with Gasteiger partial charge in [0.15, 0.2) is 12.4 Å². The Balaban J connectivity index is 1.23. The van der Waals surface area contributed by atoms with Crippen LogP contribution in [0.1, 0.15) is 20.7 Å². The molecule has 1 aliphatic rings. The van der Waals surface area contributed by atoms with Gasteiger partial charge in [0.2, 0.25) is 0 Å². The Morgan fingerprint density at radius 1 is 0.842 bits per heavy atom. The lowest BCUT2D eigenvalue weighted by Gasteiger charge is -2.19. The van der Waals surface area contributed by atoms with E-state index in [-0.39, 0.29) is 17.3 Å². The van der Waals surface area contributed by atoms with Crippen LogP contribution < -0.4 is 9.04 Å². The second-order valence-corrected chi connectivity index (χ2v) is 10.8. The number of hydrogen-bond donors (Lipinski definition) is 0. The lowest BCUT2D eigenvalue weighted by atomic mass is 9.87. The minimum Gasteiger partial charge on any atom is -0.484 e. The second-order valence-electron chi connectivity index (χ2n) is 8.80. The molecule has 9 heteroatoms. The highest BCUT2D eigenvalue weighted by Crippen LogP contribution is 2.38. The number of benzene rings is 4. The Labute approximate surface area is 218 Å². The molecule has 0 saturated heterocycles. The van der Waals surface area contributed by atoms with Gasteiger partial charge in [0.1, 0.15) is 11.4 Å². The third-order valence-electron chi connectivity index (χ3n) is 6.58. The van der Waals surface area contributed by atoms with Gasteiger partial charge in [-0.05, 0) is 42.5 Å². The molecule has 0 radical (unpaired) electrons. The van der Waals surface area contributed by atoms with Crippen LogP contribution in [0.5, 0.6) is 5.75 Å². The molecule has 5 aromatic rings. The summed E-state index contributed by atoms with van der Waals surface area (Å²) in [6.07, 6.45) is 0. The molecule has 1 heterocycles. The highest BCUT2D eigenvalue weighted by Gasteiger charge is 2.29. The highest BCUT2D eigenvalue weighted by molar-refractivity contribution is 7.92. The van der Waals surface area contributed by atoms with Crippen molar-refractivity contribution in [2.45, 2.75) is 4.90 Å². The van der Waals surface area contributed by atoms with Crippen molar-refractivity contribution in [3.05, 3.63) is 108 Å². The third kappa shape index (κ3) is 3.75. The van der Waals surface area contributed by atoms with Crippen LogP contribution in [0.15, 0.2) is 102 Å². The molecule has 4 aromatic carbocycles. The average Bonchev–Trinajstić information content (AvgIpc) is 3.36. The highest BCUT2D eigenvalue weighted by atomic mass is 32.2. The molecule has 0 atom stereocenters. The molecule has 0 aliphatic heterocycles. The predicted octanol–water partition coefficient (Wildman–Crippen LogP) is 4.79. The number of hydrogen-bond acceptors (Lipinski definition) is 6. The van der Waals surface area contributed by atoms with Crippen molar-refractivity contribution < 1.29 is 22.7 Å². The maximum atomic E-state index is 13.2. The van der Waals surface area contributed by atoms with Gasteiger partial charge >= 0.3 is 0 Å². The van der Waals surface area contributed by atoms with Crippen LogP contribution in [0.3, 0.4) is 0 Å². The Hall–Kier alpha value is -4.76. The fourth-order valence-corrected chi connectivity index (χ4v) is 5.83. The van der Waals surface area contributed by atoms with E-state index in [1.54, 1.807) is 72.8 Å². The monoisotopic (exact) mass is 523 g/mol. The van der Waals surface area contributed by atoms with Crippen molar-refractivity contribution in [2.24, 2.45) is 0 Å². The van der Waals surface area contributed by atoms with E-state index in [4.69, 9.17) is 4.74 Å². The molecule has 6 rings (SSSR count). The zero-order valence-electron chi connectivity index (χ0n) is 20.2. The number of carbonyl (C=O) groups excluding carboxylic acids is 2. The summed E-state index contributed by atoms with van der Waals surface area (Å²) >= 11 is 0. The summed E-state index contributed by atoms with van der Waals surface area (Å²) < 4.78 is 33.9. The van der Waals surface area contributed by atoms with E-state index in [1.165, 1.54) is 28.2 Å². The third-order valence-corrected chi connectivity index (χ3v) is 8.38. The van der Waals surface area contributed by atoms with E-state index in [9.17, 15) is 18.0 Å². The summed E-state index contributed by atoms with van der Waals surface area (Å²) in [5, 5.41) is 5.21. The average molecular weight is 524 g/mol. The SMILES string of the molecule is CN(c1ccc(OCC(=O)n2nc3c4c(cccc42)C(=O)c2ccccc2-3)cc1)S(=O)(=O)c1ccccc1. The Morgan fingerprint density at radius 3 is 2.24 bits per heavy atom. The van der Waals surface area contributed by atoms with E-state index >= 15 is 0 Å². The quantitative estimate of drug-likeness (QED) is 0.311. The fourth-order valence-electron chi connectivity index (χ4n) is 4.62. The summed E-state index contributed by atoms with van der Waals surface area (Å²) in [4.78, 5) is 26.4. The second kappa shape index (κ2) is 8.97. The predicted molar refractivity (Wildman–Crippen MR) is 143 cm³/mol. The standard InChI is InChI=1S/C29H21N3O5S/c1-31(38(35,36)21-8-3-2-4-9-21)19-14-16-20(17-15-19)37-18-26(33)32-25-13-7-12-24-27(25)28(30-32)22-10-5-6-11-23(22)29(24)34/h2-17H,18H2,1H3. The van der Waals surface area contributed by atoms with Crippen LogP contribution in [0, 0.1) is 0 Å². The molecule has 8 nitrogen and oxygen atoms in total. The van der Waals surface area contributed by atoms with E-state index in [0.717, 1.165) is 0 Å². The summed E-state index contributed by atoms with van der Waals surface area (Å²) in [7, 11) is -2.23. The Kier molecular flexibility index (Phi) is 5.57. The zero-order chi connectivity index (χ0) is 26.4. The van der Waals surface area contributed by atoms with E-state index < -0.39 is 15.9 Å². The van der Waals surface area contributed by atoms with Crippen LogP contribution in [-0.2, 0) is 10.0 Å². The number of sulfonamides is 1. The number of aromatic nitrogens is 2. The minimum atomic E-state index is -3.71. The number of nitrogens with zero attached hydrogens (tertiary/aromatic N) is 3. The smallest absolute Gasteiger partial charge is 0.285 e. The van der Waals surface area contributed by atoms with Crippen molar-refractivity contribution in [2.75, 3.05) is 18.0 Å².